The van der Waals surface area contributed by atoms with E-state index in [1.807, 2.05) is 13.0 Å². The van der Waals surface area contributed by atoms with E-state index in [1.54, 1.807) is 32.4 Å². The van der Waals surface area contributed by atoms with E-state index in [9.17, 15) is 4.79 Å². The second-order valence-electron chi connectivity index (χ2n) is 5.05. The summed E-state index contributed by atoms with van der Waals surface area (Å²) < 4.78 is 1.48. The number of hydrogen-bond donors (Lipinski definition) is 2. The molecule has 0 saturated heterocycles. The first-order valence-corrected chi connectivity index (χ1v) is 6.79. The normalized spacial score (nSPS) is 10.9. The fraction of sp³-hybridized carbons (Fsp3) is 0.200. The molecule has 0 radical (unpaired) electrons. The Bertz CT molecular complexity index is 931. The Kier molecular flexibility index (Phi) is 3.25. The van der Waals surface area contributed by atoms with Crippen LogP contribution in [0.4, 0.5) is 11.6 Å². The van der Waals surface area contributed by atoms with Gasteiger partial charge in [0.1, 0.15) is 11.2 Å². The summed E-state index contributed by atoms with van der Waals surface area (Å²) in [6.45, 7) is 1.92. The molecular formula is C15H16N6O. The van der Waals surface area contributed by atoms with E-state index in [-0.39, 0.29) is 5.56 Å². The molecule has 0 fully saturated rings. The number of aromatic nitrogens is 4. The Morgan fingerprint density at radius 3 is 2.77 bits per heavy atom. The molecule has 3 aromatic rings. The number of nitrogens with two attached hydrogens (primary N) is 1. The van der Waals surface area contributed by atoms with E-state index in [2.05, 4.69) is 20.3 Å². The standard InChI is InChI=1S/C15H16N6O/c1-8-4-5-9(16)6-10(8)12-14(22)21(3)13-11(19-12)7-18-15(17-2)20-13/h4-7H,16H2,1-3H3,(H,17,18,20). The molecule has 112 valence electrons. The van der Waals surface area contributed by atoms with Crippen molar-refractivity contribution < 1.29 is 0 Å². The van der Waals surface area contributed by atoms with E-state index >= 15 is 0 Å². The highest BCUT2D eigenvalue weighted by atomic mass is 16.1. The number of aryl methyl sites for hydroxylation is 2. The van der Waals surface area contributed by atoms with E-state index in [0.717, 1.165) is 11.1 Å². The Hall–Kier alpha value is -2.96. The van der Waals surface area contributed by atoms with Crippen LogP contribution in [0.15, 0.2) is 29.2 Å². The largest absolute Gasteiger partial charge is 0.399 e. The second-order valence-corrected chi connectivity index (χ2v) is 5.05. The molecule has 7 heteroatoms. The summed E-state index contributed by atoms with van der Waals surface area (Å²) in [4.78, 5) is 25.5. The molecule has 0 bridgehead atoms. The van der Waals surface area contributed by atoms with Crippen LogP contribution in [0.25, 0.3) is 22.4 Å². The van der Waals surface area contributed by atoms with Gasteiger partial charge in [0.25, 0.3) is 5.56 Å². The summed E-state index contributed by atoms with van der Waals surface area (Å²) in [5.74, 6) is 0.442. The van der Waals surface area contributed by atoms with Crippen LogP contribution in [0.2, 0.25) is 0 Å². The molecule has 3 N–H and O–H groups in total. The van der Waals surface area contributed by atoms with Crippen LogP contribution in [-0.4, -0.2) is 26.6 Å². The fourth-order valence-corrected chi connectivity index (χ4v) is 2.31. The van der Waals surface area contributed by atoms with Crippen molar-refractivity contribution in [3.63, 3.8) is 0 Å². The second kappa shape index (κ2) is 5.10. The van der Waals surface area contributed by atoms with Gasteiger partial charge in [-0.25, -0.2) is 9.97 Å². The maximum atomic E-state index is 12.6. The van der Waals surface area contributed by atoms with Gasteiger partial charge in [-0.2, -0.15) is 4.98 Å². The molecule has 2 aromatic heterocycles. The van der Waals surface area contributed by atoms with Crippen LogP contribution in [-0.2, 0) is 7.05 Å². The van der Waals surface area contributed by atoms with Crippen molar-refractivity contribution in [3.05, 3.63) is 40.3 Å². The third kappa shape index (κ3) is 2.16. The predicted octanol–water partition coefficient (Wildman–Crippen LogP) is 1.32. The zero-order chi connectivity index (χ0) is 15.9. The summed E-state index contributed by atoms with van der Waals surface area (Å²) in [7, 11) is 3.39. The number of hydrogen-bond acceptors (Lipinski definition) is 6. The van der Waals surface area contributed by atoms with Crippen molar-refractivity contribution in [2.24, 2.45) is 7.05 Å². The molecule has 2 heterocycles. The summed E-state index contributed by atoms with van der Waals surface area (Å²) in [5, 5.41) is 2.85. The Labute approximate surface area is 126 Å². The maximum absolute atomic E-state index is 12.6. The van der Waals surface area contributed by atoms with Crippen molar-refractivity contribution >= 4 is 22.8 Å². The Balaban J connectivity index is 2.34. The lowest BCUT2D eigenvalue weighted by Crippen LogP contribution is -2.22. The SMILES string of the molecule is CNc1ncc2nc(-c3cc(N)ccc3C)c(=O)n(C)c2n1. The van der Waals surface area contributed by atoms with Crippen LogP contribution in [0.1, 0.15) is 5.56 Å². The number of nitrogen functional groups attached to an aromatic ring is 1. The molecule has 0 amide bonds. The number of anilines is 2. The molecule has 22 heavy (non-hydrogen) atoms. The van der Waals surface area contributed by atoms with Crippen molar-refractivity contribution in [1.29, 1.82) is 0 Å². The van der Waals surface area contributed by atoms with Crippen molar-refractivity contribution in [2.45, 2.75) is 6.92 Å². The lowest BCUT2D eigenvalue weighted by molar-refractivity contribution is 0.873. The third-order valence-corrected chi connectivity index (χ3v) is 3.55. The van der Waals surface area contributed by atoms with Crippen LogP contribution in [0.5, 0.6) is 0 Å². The first kappa shape index (κ1) is 14.0. The topological polar surface area (TPSA) is 98.7 Å². The van der Waals surface area contributed by atoms with Crippen molar-refractivity contribution in [1.82, 2.24) is 19.5 Å². The minimum atomic E-state index is -0.220. The number of nitrogens with zero attached hydrogens (tertiary/aromatic N) is 4. The number of fused-ring (bicyclic) bond motifs is 1. The summed E-state index contributed by atoms with van der Waals surface area (Å²) in [6.07, 6.45) is 1.60. The lowest BCUT2D eigenvalue weighted by Gasteiger charge is -2.10. The van der Waals surface area contributed by atoms with E-state index in [1.165, 1.54) is 4.57 Å². The molecule has 0 aliphatic carbocycles. The van der Waals surface area contributed by atoms with Gasteiger partial charge in [-0.1, -0.05) is 6.07 Å². The average Bonchev–Trinajstić information content (AvgIpc) is 2.53. The molecular weight excluding hydrogens is 280 g/mol. The van der Waals surface area contributed by atoms with Crippen LogP contribution in [0, 0.1) is 6.92 Å². The molecule has 0 aliphatic rings. The first-order chi connectivity index (χ1) is 10.5. The van der Waals surface area contributed by atoms with E-state index < -0.39 is 0 Å². The molecule has 1 aromatic carbocycles. The van der Waals surface area contributed by atoms with Gasteiger partial charge in [0.15, 0.2) is 5.65 Å². The van der Waals surface area contributed by atoms with Gasteiger partial charge in [0.2, 0.25) is 5.95 Å². The maximum Gasteiger partial charge on any atom is 0.278 e. The number of benzene rings is 1. The summed E-state index contributed by atoms with van der Waals surface area (Å²) in [6, 6.07) is 5.43. The Morgan fingerprint density at radius 1 is 1.27 bits per heavy atom. The quantitative estimate of drug-likeness (QED) is 0.692. The van der Waals surface area contributed by atoms with Gasteiger partial charge in [-0.05, 0) is 24.6 Å². The number of rotatable bonds is 2. The fourth-order valence-electron chi connectivity index (χ4n) is 2.31. The third-order valence-electron chi connectivity index (χ3n) is 3.55. The predicted molar refractivity (Wildman–Crippen MR) is 86.7 cm³/mol. The zero-order valence-corrected chi connectivity index (χ0v) is 12.6. The monoisotopic (exact) mass is 296 g/mol. The smallest absolute Gasteiger partial charge is 0.278 e. The van der Waals surface area contributed by atoms with Crippen LogP contribution in [0.3, 0.4) is 0 Å². The van der Waals surface area contributed by atoms with Gasteiger partial charge >= 0.3 is 0 Å². The molecule has 0 saturated carbocycles. The van der Waals surface area contributed by atoms with Gasteiger partial charge in [0, 0.05) is 25.3 Å². The first-order valence-electron chi connectivity index (χ1n) is 6.79. The molecule has 0 spiro atoms. The van der Waals surface area contributed by atoms with Gasteiger partial charge in [0.05, 0.1) is 6.20 Å². The molecule has 3 rings (SSSR count). The number of nitrogens with one attached hydrogen (secondary N) is 1. The van der Waals surface area contributed by atoms with E-state index in [0.29, 0.717) is 28.5 Å². The van der Waals surface area contributed by atoms with E-state index in [4.69, 9.17) is 5.73 Å². The summed E-state index contributed by atoms with van der Waals surface area (Å²) >= 11 is 0. The Morgan fingerprint density at radius 2 is 2.05 bits per heavy atom. The van der Waals surface area contributed by atoms with Crippen molar-refractivity contribution in [3.8, 4) is 11.3 Å². The van der Waals surface area contributed by atoms with Crippen LogP contribution >= 0.6 is 0 Å². The van der Waals surface area contributed by atoms with Crippen LogP contribution < -0.4 is 16.6 Å². The highest BCUT2D eigenvalue weighted by molar-refractivity contribution is 5.76. The molecule has 0 atom stereocenters. The lowest BCUT2D eigenvalue weighted by atomic mass is 10.0. The molecule has 7 nitrogen and oxygen atoms in total. The van der Waals surface area contributed by atoms with Crippen molar-refractivity contribution in [2.75, 3.05) is 18.1 Å². The van der Waals surface area contributed by atoms with Gasteiger partial charge in [-0.3, -0.25) is 9.36 Å². The average molecular weight is 296 g/mol. The molecule has 0 aliphatic heterocycles. The minimum absolute atomic E-state index is 0.220. The van der Waals surface area contributed by atoms with Gasteiger partial charge < -0.3 is 11.1 Å². The zero-order valence-electron chi connectivity index (χ0n) is 12.6. The van der Waals surface area contributed by atoms with Gasteiger partial charge in [-0.15, -0.1) is 0 Å². The molecule has 0 unspecified atom stereocenters. The summed E-state index contributed by atoms with van der Waals surface area (Å²) in [5.41, 5.74) is 9.24. The highest BCUT2D eigenvalue weighted by Gasteiger charge is 2.14. The highest BCUT2D eigenvalue weighted by Crippen LogP contribution is 2.22. The minimum Gasteiger partial charge on any atom is -0.399 e.